The van der Waals surface area contributed by atoms with Crippen LogP contribution in [0.3, 0.4) is 0 Å². The third kappa shape index (κ3) is 17.7. The van der Waals surface area contributed by atoms with Crippen LogP contribution in [0.15, 0.2) is 91.0 Å². The number of hydrogen-bond acceptors (Lipinski definition) is 8. The number of Topliss-reactive ketones (excluding diaryl/α,β-unsaturated/α-hetero) is 4. The molecule has 4 heterocycles. The van der Waals surface area contributed by atoms with E-state index in [4.69, 9.17) is 23.2 Å². The first-order valence-corrected chi connectivity index (χ1v) is 28.1. The third-order valence-electron chi connectivity index (χ3n) is 14.4. The molecule has 4 saturated heterocycles. The van der Waals surface area contributed by atoms with Gasteiger partial charge in [-0.1, -0.05) is 119 Å². The molecular formula is C61H83Cl2FN4O4. The fourth-order valence-corrected chi connectivity index (χ4v) is 10.7. The topological polar surface area (TPSA) is 81.2 Å². The van der Waals surface area contributed by atoms with E-state index in [2.05, 4.69) is 60.3 Å². The summed E-state index contributed by atoms with van der Waals surface area (Å²) in [6.07, 6.45) is 18.3. The number of hydrogen-bond donors (Lipinski definition) is 0. The van der Waals surface area contributed by atoms with Crippen LogP contribution in [0.1, 0.15) is 184 Å². The average molecular weight is 1030 g/mol. The van der Waals surface area contributed by atoms with Crippen molar-refractivity contribution in [3.8, 4) is 0 Å². The molecule has 4 fully saturated rings. The van der Waals surface area contributed by atoms with Gasteiger partial charge in [0.25, 0.3) is 0 Å². The molecular weight excluding hydrogens is 943 g/mol. The van der Waals surface area contributed by atoms with Crippen LogP contribution in [0.5, 0.6) is 0 Å². The fraction of sp³-hybridized carbons (Fsp3) is 0.541. The van der Waals surface area contributed by atoms with E-state index in [1.165, 1.54) is 69.1 Å². The maximum Gasteiger partial charge on any atom is 0.179 e. The predicted octanol–water partition coefficient (Wildman–Crippen LogP) is 14.8. The summed E-state index contributed by atoms with van der Waals surface area (Å²) in [5, 5.41) is 0.940. The first-order valence-electron chi connectivity index (χ1n) is 27.4. The normalized spacial score (nSPS) is 17.2. The number of halogens is 3. The summed E-state index contributed by atoms with van der Waals surface area (Å²) in [5.41, 5.74) is 5.43. The molecule has 4 aromatic carbocycles. The molecule has 0 radical (unpaired) electrons. The van der Waals surface area contributed by atoms with Crippen molar-refractivity contribution in [3.63, 3.8) is 0 Å². The van der Waals surface area contributed by atoms with Crippen molar-refractivity contribution >= 4 is 52.0 Å². The summed E-state index contributed by atoms with van der Waals surface area (Å²) < 4.78 is 12.9. The molecule has 11 heteroatoms. The number of aryl methyl sites for hydroxylation is 1. The molecule has 4 aliphatic heterocycles. The van der Waals surface area contributed by atoms with Crippen LogP contribution in [0.2, 0.25) is 10.0 Å². The second-order valence-corrected chi connectivity index (χ2v) is 20.8. The lowest BCUT2D eigenvalue weighted by molar-refractivity contribution is 0.0830. The van der Waals surface area contributed by atoms with E-state index in [-0.39, 0.29) is 35.5 Å². The average Bonchev–Trinajstić information content (AvgIpc) is 4.27. The largest absolute Gasteiger partial charge is 0.371 e. The maximum absolute atomic E-state index is 12.9. The van der Waals surface area contributed by atoms with Crippen LogP contribution < -0.4 is 4.90 Å². The lowest BCUT2D eigenvalue weighted by Crippen LogP contribution is -2.39. The van der Waals surface area contributed by atoms with Crippen LogP contribution in [0, 0.1) is 12.7 Å². The number of benzene rings is 4. The Morgan fingerprint density at radius 2 is 0.903 bits per heavy atom. The van der Waals surface area contributed by atoms with Gasteiger partial charge in [0.15, 0.2) is 23.1 Å². The highest BCUT2D eigenvalue weighted by Gasteiger charge is 2.30. The van der Waals surface area contributed by atoms with E-state index in [9.17, 15) is 23.6 Å². The zero-order valence-electron chi connectivity index (χ0n) is 44.1. The van der Waals surface area contributed by atoms with Gasteiger partial charge in [0.1, 0.15) is 5.82 Å². The first-order chi connectivity index (χ1) is 34.9. The van der Waals surface area contributed by atoms with Crippen LogP contribution >= 0.6 is 23.2 Å². The lowest BCUT2D eigenvalue weighted by atomic mass is 9.98. The highest BCUT2D eigenvalue weighted by Crippen LogP contribution is 2.28. The molecule has 0 spiro atoms. The molecule has 4 aliphatic rings. The number of para-hydroxylation sites is 1. The lowest BCUT2D eigenvalue weighted by Gasteiger charge is -2.26. The van der Waals surface area contributed by atoms with Crippen molar-refractivity contribution in [1.82, 2.24) is 14.7 Å². The molecule has 0 amide bonds. The summed E-state index contributed by atoms with van der Waals surface area (Å²) in [6.45, 7) is 19.0. The highest BCUT2D eigenvalue weighted by atomic mass is 35.5. The molecule has 0 saturated carbocycles. The second kappa shape index (κ2) is 31.5. The van der Waals surface area contributed by atoms with Gasteiger partial charge in [-0.15, -0.1) is 0 Å². The van der Waals surface area contributed by atoms with Crippen molar-refractivity contribution in [2.75, 3.05) is 57.3 Å². The van der Waals surface area contributed by atoms with Crippen LogP contribution in [0.4, 0.5) is 10.1 Å². The zero-order chi connectivity index (χ0) is 51.8. The van der Waals surface area contributed by atoms with Crippen LogP contribution in [0.25, 0.3) is 0 Å². The van der Waals surface area contributed by atoms with Gasteiger partial charge >= 0.3 is 0 Å². The molecule has 8 nitrogen and oxygen atoms in total. The third-order valence-corrected chi connectivity index (χ3v) is 15.2. The van der Waals surface area contributed by atoms with E-state index < -0.39 is 0 Å². The summed E-state index contributed by atoms with van der Waals surface area (Å²) in [4.78, 5) is 59.1. The summed E-state index contributed by atoms with van der Waals surface area (Å²) in [5.74, 6) is 0.619. The number of unbranched alkanes of at least 4 members (excludes halogenated alkanes) is 1. The Bertz CT molecular complexity index is 2190. The molecule has 3 atom stereocenters. The number of anilines is 1. The SMILES string of the molecule is CCCC(C(=O)c1ccc(Cl)c(Cl)c1)N1CCCC1.CCCC(C(=O)c1ccc(F)cc1)N1CCCC1.CCCCC(=O)c1ccccc1N1CCCC1.CCC[C@@H](C(=O)c1ccc(C)cc1)N1CCCC1. The van der Waals surface area contributed by atoms with E-state index in [1.807, 2.05) is 42.5 Å². The van der Waals surface area contributed by atoms with E-state index >= 15 is 0 Å². The molecule has 0 aromatic heterocycles. The number of carbonyl (C=O) groups excluding carboxylic acids is 4. The van der Waals surface area contributed by atoms with Gasteiger partial charge in [-0.2, -0.15) is 0 Å². The van der Waals surface area contributed by atoms with E-state index in [0.29, 0.717) is 39.2 Å². The minimum atomic E-state index is -0.292. The van der Waals surface area contributed by atoms with Crippen molar-refractivity contribution in [2.45, 2.75) is 162 Å². The highest BCUT2D eigenvalue weighted by molar-refractivity contribution is 6.42. The second-order valence-electron chi connectivity index (χ2n) is 20.0. The minimum Gasteiger partial charge on any atom is -0.371 e. The smallest absolute Gasteiger partial charge is 0.179 e. The number of likely N-dealkylation sites (tertiary alicyclic amines) is 3. The quantitative estimate of drug-likeness (QED) is 0.0810. The molecule has 8 rings (SSSR count). The van der Waals surface area contributed by atoms with Gasteiger partial charge in [-0.25, -0.2) is 4.39 Å². The molecule has 0 bridgehead atoms. The number of carbonyl (C=O) groups is 4. The fourth-order valence-electron chi connectivity index (χ4n) is 10.4. The summed E-state index contributed by atoms with van der Waals surface area (Å²) >= 11 is 11.9. The van der Waals surface area contributed by atoms with Crippen molar-refractivity contribution in [2.24, 2.45) is 0 Å². The Hall–Kier alpha value is -4.25. The molecule has 0 aliphatic carbocycles. The van der Waals surface area contributed by atoms with Crippen molar-refractivity contribution < 1.29 is 23.6 Å². The molecule has 0 N–H and O–H groups in total. The number of rotatable bonds is 20. The number of nitrogens with zero attached hydrogens (tertiary/aromatic N) is 4. The molecule has 72 heavy (non-hydrogen) atoms. The molecule has 4 aromatic rings. The van der Waals surface area contributed by atoms with Gasteiger partial charge in [0, 0.05) is 47.5 Å². The predicted molar refractivity (Wildman–Crippen MR) is 297 cm³/mol. The molecule has 2 unspecified atom stereocenters. The van der Waals surface area contributed by atoms with Gasteiger partial charge in [-0.05, 0) is 178 Å². The maximum atomic E-state index is 12.9. The van der Waals surface area contributed by atoms with Gasteiger partial charge in [0.05, 0.1) is 28.2 Å². The minimum absolute atomic E-state index is 0.00950. The van der Waals surface area contributed by atoms with Gasteiger partial charge in [-0.3, -0.25) is 33.9 Å². The Kier molecular flexibility index (Phi) is 25.6. The molecule has 392 valence electrons. The van der Waals surface area contributed by atoms with Crippen LogP contribution in [-0.2, 0) is 0 Å². The van der Waals surface area contributed by atoms with Gasteiger partial charge < -0.3 is 4.90 Å². The number of ketones is 4. The monoisotopic (exact) mass is 1020 g/mol. The summed E-state index contributed by atoms with van der Waals surface area (Å²) in [7, 11) is 0. The summed E-state index contributed by atoms with van der Waals surface area (Å²) in [6, 6.07) is 27.2. The van der Waals surface area contributed by atoms with E-state index in [1.54, 1.807) is 30.3 Å². The first kappa shape index (κ1) is 58.6. The Morgan fingerprint density at radius 1 is 0.500 bits per heavy atom. The van der Waals surface area contributed by atoms with E-state index in [0.717, 1.165) is 121 Å². The zero-order valence-corrected chi connectivity index (χ0v) is 45.6. The van der Waals surface area contributed by atoms with Crippen LogP contribution in [-0.4, -0.2) is 108 Å². The van der Waals surface area contributed by atoms with Gasteiger partial charge in [0.2, 0.25) is 0 Å². The van der Waals surface area contributed by atoms with Crippen molar-refractivity contribution in [1.29, 1.82) is 0 Å². The van der Waals surface area contributed by atoms with Crippen molar-refractivity contribution in [3.05, 3.63) is 135 Å². The Labute approximate surface area is 442 Å². The standard InChI is InChI=1S/C16H23NO.C15H19Cl2NO.C15H20FNO.C15H21NO/c1-3-6-15(17-11-4-5-12-17)16(18)14-9-7-13(2)8-10-14;1-2-5-14(18-8-3-4-9-18)15(19)11-6-7-12(16)13(17)10-11;1-2-5-14(17-10-3-4-11-17)15(18)12-6-8-13(16)9-7-12;1-2-3-10-15(17)13-8-4-5-9-14(13)16-11-6-7-12-16/h7-10,15H,3-6,11-12H2,1-2H3;6-7,10,14H,2-5,8-9H2,1H3;6-9,14H,2-5,10-11H2,1H3;4-5,8-9H,2-3,6-7,10-12H2,1H3/t15-;;;/m0.../s1. The Balaban J connectivity index is 0.000000178. The Morgan fingerprint density at radius 3 is 1.33 bits per heavy atom.